The topological polar surface area (TPSA) is 49.6 Å². The van der Waals surface area contributed by atoms with E-state index in [-0.39, 0.29) is 5.91 Å². The van der Waals surface area contributed by atoms with Crippen LogP contribution >= 0.6 is 0 Å². The third-order valence-corrected chi connectivity index (χ3v) is 3.39. The van der Waals surface area contributed by atoms with Crippen molar-refractivity contribution in [1.29, 1.82) is 0 Å². The lowest BCUT2D eigenvalue weighted by molar-refractivity contribution is -0.130. The van der Waals surface area contributed by atoms with Crippen molar-refractivity contribution >= 4 is 5.91 Å². The number of hydrogen-bond donors (Lipinski definition) is 1. The van der Waals surface area contributed by atoms with Crippen molar-refractivity contribution < 1.29 is 4.79 Å². The van der Waals surface area contributed by atoms with Crippen molar-refractivity contribution in [3.8, 4) is 0 Å². The van der Waals surface area contributed by atoms with Gasteiger partial charge in [-0.25, -0.2) is 0 Å². The highest BCUT2D eigenvalue weighted by Gasteiger charge is 2.25. The Morgan fingerprint density at radius 2 is 2.17 bits per heavy atom. The minimum Gasteiger partial charge on any atom is -0.343 e. The summed E-state index contributed by atoms with van der Waals surface area (Å²) in [7, 11) is 1.82. The van der Waals surface area contributed by atoms with Gasteiger partial charge in [-0.2, -0.15) is 0 Å². The van der Waals surface area contributed by atoms with Crippen LogP contribution in [0, 0.1) is 6.92 Å². The molecule has 1 aliphatic rings. The van der Waals surface area contributed by atoms with Gasteiger partial charge in [0.05, 0.1) is 6.04 Å². The van der Waals surface area contributed by atoms with Crippen LogP contribution in [-0.2, 0) is 11.3 Å². The van der Waals surface area contributed by atoms with E-state index in [2.05, 4.69) is 36.1 Å². The molecular formula is C14H21N3O. The van der Waals surface area contributed by atoms with Crippen LogP contribution < -0.4 is 5.73 Å². The lowest BCUT2D eigenvalue weighted by Crippen LogP contribution is -2.43. The van der Waals surface area contributed by atoms with Crippen LogP contribution in [0.1, 0.15) is 11.1 Å². The highest BCUT2D eigenvalue weighted by Crippen LogP contribution is 2.10. The average Bonchev–Trinajstić information content (AvgIpc) is 2.44. The second kappa shape index (κ2) is 5.50. The Morgan fingerprint density at radius 3 is 2.89 bits per heavy atom. The quantitative estimate of drug-likeness (QED) is 0.832. The van der Waals surface area contributed by atoms with E-state index in [9.17, 15) is 4.79 Å². The number of aryl methyl sites for hydroxylation is 1. The van der Waals surface area contributed by atoms with E-state index in [0.717, 1.165) is 19.6 Å². The van der Waals surface area contributed by atoms with E-state index < -0.39 is 6.04 Å². The third-order valence-electron chi connectivity index (χ3n) is 3.39. The van der Waals surface area contributed by atoms with E-state index in [0.29, 0.717) is 6.54 Å². The number of likely N-dealkylation sites (N-methyl/N-ethyl adjacent to an activating group) is 1. The smallest absolute Gasteiger partial charge is 0.240 e. The van der Waals surface area contributed by atoms with Gasteiger partial charge in [0.2, 0.25) is 5.91 Å². The second-order valence-corrected chi connectivity index (χ2v) is 5.09. The minimum absolute atomic E-state index is 0.0433. The van der Waals surface area contributed by atoms with Gasteiger partial charge in [-0.05, 0) is 12.5 Å². The van der Waals surface area contributed by atoms with Gasteiger partial charge in [-0.15, -0.1) is 0 Å². The van der Waals surface area contributed by atoms with Gasteiger partial charge in [0.25, 0.3) is 0 Å². The van der Waals surface area contributed by atoms with Crippen LogP contribution in [0.25, 0.3) is 0 Å². The fraction of sp³-hybridized carbons (Fsp3) is 0.500. The zero-order chi connectivity index (χ0) is 13.1. The second-order valence-electron chi connectivity index (χ2n) is 5.09. The van der Waals surface area contributed by atoms with Crippen molar-refractivity contribution in [3.05, 3.63) is 35.4 Å². The maximum atomic E-state index is 11.8. The summed E-state index contributed by atoms with van der Waals surface area (Å²) in [6.07, 6.45) is 0. The number of benzene rings is 1. The lowest BCUT2D eigenvalue weighted by Gasteiger charge is -2.21. The number of rotatable bonds is 2. The normalized spacial score (nSPS) is 22.1. The molecule has 1 aromatic carbocycles. The SMILES string of the molecule is Cc1cccc(CN2CCN(C)C(=O)[C@@H](N)C2)c1. The zero-order valence-corrected chi connectivity index (χ0v) is 11.1. The molecule has 0 radical (unpaired) electrons. The first-order valence-corrected chi connectivity index (χ1v) is 6.35. The molecule has 2 N–H and O–H groups in total. The maximum Gasteiger partial charge on any atom is 0.240 e. The van der Waals surface area contributed by atoms with E-state index in [1.54, 1.807) is 4.90 Å². The number of nitrogens with two attached hydrogens (primary N) is 1. The van der Waals surface area contributed by atoms with Crippen molar-refractivity contribution in [1.82, 2.24) is 9.80 Å². The molecule has 0 aromatic heterocycles. The molecule has 4 nitrogen and oxygen atoms in total. The van der Waals surface area contributed by atoms with Gasteiger partial charge in [-0.3, -0.25) is 9.69 Å². The van der Waals surface area contributed by atoms with Gasteiger partial charge >= 0.3 is 0 Å². The Labute approximate surface area is 108 Å². The summed E-state index contributed by atoms with van der Waals surface area (Å²) in [6.45, 7) is 5.21. The third kappa shape index (κ3) is 3.09. The Bertz CT molecular complexity index is 433. The molecule has 0 spiro atoms. The Balaban J connectivity index is 2.03. The molecule has 2 rings (SSSR count). The molecule has 1 saturated heterocycles. The Morgan fingerprint density at radius 1 is 1.39 bits per heavy atom. The Hall–Kier alpha value is -1.39. The molecule has 1 atom stereocenters. The van der Waals surface area contributed by atoms with E-state index in [1.807, 2.05) is 7.05 Å². The zero-order valence-electron chi connectivity index (χ0n) is 11.1. The first-order valence-electron chi connectivity index (χ1n) is 6.35. The van der Waals surface area contributed by atoms with Gasteiger partial charge in [0.1, 0.15) is 0 Å². The summed E-state index contributed by atoms with van der Waals surface area (Å²) >= 11 is 0. The van der Waals surface area contributed by atoms with Gasteiger partial charge < -0.3 is 10.6 Å². The van der Waals surface area contributed by atoms with Crippen LogP contribution in [0.15, 0.2) is 24.3 Å². The van der Waals surface area contributed by atoms with Crippen LogP contribution in [-0.4, -0.2) is 48.4 Å². The molecule has 18 heavy (non-hydrogen) atoms. The molecular weight excluding hydrogens is 226 g/mol. The summed E-state index contributed by atoms with van der Waals surface area (Å²) < 4.78 is 0. The molecule has 98 valence electrons. The number of amides is 1. The molecule has 1 heterocycles. The predicted octanol–water partition coefficient (Wildman–Crippen LogP) is 0.596. The molecule has 4 heteroatoms. The molecule has 1 aromatic rings. The van der Waals surface area contributed by atoms with Crippen molar-refractivity contribution in [2.24, 2.45) is 5.73 Å². The Kier molecular flexibility index (Phi) is 3.99. The summed E-state index contributed by atoms with van der Waals surface area (Å²) in [4.78, 5) is 15.7. The highest BCUT2D eigenvalue weighted by atomic mass is 16.2. The molecule has 0 aliphatic carbocycles. The minimum atomic E-state index is -0.401. The summed E-state index contributed by atoms with van der Waals surface area (Å²) in [6, 6.07) is 8.06. The molecule has 1 aliphatic heterocycles. The van der Waals surface area contributed by atoms with E-state index in [4.69, 9.17) is 5.73 Å². The fourth-order valence-electron chi connectivity index (χ4n) is 2.34. The summed E-state index contributed by atoms with van der Waals surface area (Å²) in [5.74, 6) is 0.0433. The molecule has 0 saturated carbocycles. The number of carbonyl (C=O) groups is 1. The lowest BCUT2D eigenvalue weighted by atomic mass is 10.1. The van der Waals surface area contributed by atoms with Crippen molar-refractivity contribution in [3.63, 3.8) is 0 Å². The number of carbonyl (C=O) groups excluding carboxylic acids is 1. The van der Waals surface area contributed by atoms with Crippen molar-refractivity contribution in [2.75, 3.05) is 26.7 Å². The summed E-state index contributed by atoms with van der Waals surface area (Å²) in [5.41, 5.74) is 8.45. The van der Waals surface area contributed by atoms with Gasteiger partial charge in [0.15, 0.2) is 0 Å². The molecule has 1 amide bonds. The number of hydrogen-bond acceptors (Lipinski definition) is 3. The van der Waals surface area contributed by atoms with E-state index >= 15 is 0 Å². The van der Waals surface area contributed by atoms with Gasteiger partial charge in [0, 0.05) is 33.2 Å². The number of nitrogens with zero attached hydrogens (tertiary/aromatic N) is 2. The first kappa shape index (κ1) is 13.1. The molecule has 0 bridgehead atoms. The van der Waals surface area contributed by atoms with Crippen molar-refractivity contribution in [2.45, 2.75) is 19.5 Å². The van der Waals surface area contributed by atoms with Crippen LogP contribution in [0.4, 0.5) is 0 Å². The largest absolute Gasteiger partial charge is 0.343 e. The van der Waals surface area contributed by atoms with Crippen LogP contribution in [0.3, 0.4) is 0 Å². The van der Waals surface area contributed by atoms with Crippen LogP contribution in [0.5, 0.6) is 0 Å². The van der Waals surface area contributed by atoms with Crippen LogP contribution in [0.2, 0.25) is 0 Å². The summed E-state index contributed by atoms with van der Waals surface area (Å²) in [5, 5.41) is 0. The average molecular weight is 247 g/mol. The standard InChI is InChI=1S/C14H21N3O/c1-11-4-3-5-12(8-11)9-17-7-6-16(2)14(18)13(15)10-17/h3-5,8,13H,6-7,9-10,15H2,1-2H3/t13-/m0/s1. The monoisotopic (exact) mass is 247 g/mol. The van der Waals surface area contributed by atoms with Gasteiger partial charge in [-0.1, -0.05) is 29.8 Å². The molecule has 0 unspecified atom stereocenters. The highest BCUT2D eigenvalue weighted by molar-refractivity contribution is 5.81. The predicted molar refractivity (Wildman–Crippen MR) is 72.1 cm³/mol. The maximum absolute atomic E-state index is 11.8. The fourth-order valence-corrected chi connectivity index (χ4v) is 2.34. The molecule has 1 fully saturated rings. The first-order chi connectivity index (χ1) is 8.56. The van der Waals surface area contributed by atoms with E-state index in [1.165, 1.54) is 11.1 Å².